The number of hydrogen-bond acceptors (Lipinski definition) is 9. The normalized spacial score (nSPS) is 18.7. The zero-order valence-electron chi connectivity index (χ0n) is 15.8. The predicted molar refractivity (Wildman–Crippen MR) is 96.2 cm³/mol. The Morgan fingerprint density at radius 3 is 1.50 bits per heavy atom. The van der Waals surface area contributed by atoms with Gasteiger partial charge in [-0.05, 0) is 12.1 Å². The summed E-state index contributed by atoms with van der Waals surface area (Å²) in [7, 11) is 0. The van der Waals surface area contributed by atoms with Crippen molar-refractivity contribution in [1.82, 2.24) is 0 Å². The van der Waals surface area contributed by atoms with E-state index in [0.717, 1.165) is 13.8 Å². The maximum atomic E-state index is 13.4. The first-order valence-corrected chi connectivity index (χ1v) is 8.85. The van der Waals surface area contributed by atoms with Crippen LogP contribution in [0.4, 0.5) is 0 Å². The fourth-order valence-corrected chi connectivity index (χ4v) is 3.44. The molecule has 2 aromatic carbocycles. The number of benzene rings is 2. The Morgan fingerprint density at radius 2 is 1.13 bits per heavy atom. The standard InChI is InChI=1S/C21H14O9/c1-9(22)27-20-15-11(5-3-7-13(15)18(25)29-20)17(24)12-6-4-8-14-16(12)21(28-10(2)23)30-19(14)26/h3-8,20-21H,1-2H3. The summed E-state index contributed by atoms with van der Waals surface area (Å²) in [6, 6.07) is 8.74. The minimum Gasteiger partial charge on any atom is -0.421 e. The first-order valence-electron chi connectivity index (χ1n) is 8.85. The Labute approximate surface area is 169 Å². The van der Waals surface area contributed by atoms with Crippen LogP contribution in [-0.4, -0.2) is 29.7 Å². The molecule has 9 nitrogen and oxygen atoms in total. The van der Waals surface area contributed by atoms with E-state index in [4.69, 9.17) is 18.9 Å². The highest BCUT2D eigenvalue weighted by Crippen LogP contribution is 2.39. The lowest BCUT2D eigenvalue weighted by Gasteiger charge is -2.16. The van der Waals surface area contributed by atoms with E-state index >= 15 is 0 Å². The van der Waals surface area contributed by atoms with E-state index in [0.29, 0.717) is 0 Å². The van der Waals surface area contributed by atoms with Crippen molar-refractivity contribution in [3.05, 3.63) is 69.8 Å². The molecule has 2 unspecified atom stereocenters. The van der Waals surface area contributed by atoms with Crippen LogP contribution >= 0.6 is 0 Å². The Hall–Kier alpha value is -4.01. The van der Waals surface area contributed by atoms with Gasteiger partial charge in [-0.15, -0.1) is 0 Å². The molecule has 4 rings (SSSR count). The molecular weight excluding hydrogens is 396 g/mol. The van der Waals surface area contributed by atoms with Gasteiger partial charge in [0.1, 0.15) is 0 Å². The molecular formula is C21H14O9. The van der Waals surface area contributed by atoms with Gasteiger partial charge in [-0.1, -0.05) is 24.3 Å². The van der Waals surface area contributed by atoms with Gasteiger partial charge in [0.25, 0.3) is 12.6 Å². The van der Waals surface area contributed by atoms with Crippen molar-refractivity contribution in [3.63, 3.8) is 0 Å². The molecule has 2 atom stereocenters. The van der Waals surface area contributed by atoms with Crippen molar-refractivity contribution in [2.24, 2.45) is 0 Å². The topological polar surface area (TPSA) is 122 Å². The Bertz CT molecular complexity index is 1040. The first-order chi connectivity index (χ1) is 14.3. The van der Waals surface area contributed by atoms with Crippen LogP contribution in [0.1, 0.15) is 74.2 Å². The molecule has 0 radical (unpaired) electrons. The Balaban J connectivity index is 1.84. The van der Waals surface area contributed by atoms with E-state index in [1.165, 1.54) is 36.4 Å². The van der Waals surface area contributed by atoms with E-state index in [2.05, 4.69) is 0 Å². The zero-order valence-corrected chi connectivity index (χ0v) is 15.8. The smallest absolute Gasteiger partial charge is 0.342 e. The molecule has 0 amide bonds. The summed E-state index contributed by atoms with van der Waals surface area (Å²) in [5.41, 5.74) is 0.467. The number of cyclic esters (lactones) is 2. The van der Waals surface area contributed by atoms with Gasteiger partial charge in [-0.3, -0.25) is 14.4 Å². The summed E-state index contributed by atoms with van der Waals surface area (Å²) in [5.74, 6) is -3.45. The second kappa shape index (κ2) is 7.11. The molecule has 0 spiro atoms. The average Bonchev–Trinajstić information content (AvgIpc) is 3.17. The van der Waals surface area contributed by atoms with Crippen molar-refractivity contribution >= 4 is 29.7 Å². The molecule has 2 aliphatic heterocycles. The maximum absolute atomic E-state index is 13.4. The highest BCUT2D eigenvalue weighted by molar-refractivity contribution is 6.14. The molecule has 2 heterocycles. The quantitative estimate of drug-likeness (QED) is 0.552. The molecule has 152 valence electrons. The Morgan fingerprint density at radius 1 is 0.733 bits per heavy atom. The third-order valence-corrected chi connectivity index (χ3v) is 4.59. The second-order valence-corrected chi connectivity index (χ2v) is 6.56. The summed E-state index contributed by atoms with van der Waals surface area (Å²) >= 11 is 0. The highest BCUT2D eigenvalue weighted by Gasteiger charge is 2.40. The third kappa shape index (κ3) is 3.10. The maximum Gasteiger partial charge on any atom is 0.342 e. The van der Waals surface area contributed by atoms with Crippen molar-refractivity contribution in [2.75, 3.05) is 0 Å². The van der Waals surface area contributed by atoms with Crippen LogP contribution in [0.3, 0.4) is 0 Å². The number of ether oxygens (including phenoxy) is 4. The monoisotopic (exact) mass is 410 g/mol. The van der Waals surface area contributed by atoms with Gasteiger partial charge in [0.05, 0.1) is 22.3 Å². The van der Waals surface area contributed by atoms with E-state index in [9.17, 15) is 24.0 Å². The minimum atomic E-state index is -1.37. The second-order valence-electron chi connectivity index (χ2n) is 6.56. The number of ketones is 1. The lowest BCUT2D eigenvalue weighted by atomic mass is 9.91. The van der Waals surface area contributed by atoms with Crippen LogP contribution in [0.15, 0.2) is 36.4 Å². The SMILES string of the molecule is CC(=O)OC1OC(=O)c2cccc(C(=O)c3cccc4c3C(OC(C)=O)OC4=O)c21. The largest absolute Gasteiger partial charge is 0.421 e. The minimum absolute atomic E-state index is 0.0407. The number of rotatable bonds is 4. The zero-order chi connectivity index (χ0) is 21.6. The van der Waals surface area contributed by atoms with Crippen molar-refractivity contribution in [3.8, 4) is 0 Å². The van der Waals surface area contributed by atoms with E-state index in [1.807, 2.05) is 0 Å². The lowest BCUT2D eigenvalue weighted by molar-refractivity contribution is -0.166. The molecule has 9 heteroatoms. The Kier molecular flexibility index (Phi) is 4.57. The van der Waals surface area contributed by atoms with Gasteiger partial charge >= 0.3 is 23.9 Å². The highest BCUT2D eigenvalue weighted by atomic mass is 16.7. The van der Waals surface area contributed by atoms with E-state index in [-0.39, 0.29) is 33.4 Å². The van der Waals surface area contributed by atoms with E-state index < -0.39 is 42.2 Å². The number of hydrogen-bond donors (Lipinski definition) is 0. The molecule has 0 bridgehead atoms. The van der Waals surface area contributed by atoms with Gasteiger partial charge in [0.2, 0.25) is 0 Å². The fraction of sp³-hybridized carbons (Fsp3) is 0.190. The van der Waals surface area contributed by atoms with Gasteiger partial charge < -0.3 is 18.9 Å². The summed E-state index contributed by atoms with van der Waals surface area (Å²) in [4.78, 5) is 60.5. The third-order valence-electron chi connectivity index (χ3n) is 4.59. The first kappa shape index (κ1) is 19.3. The number of carbonyl (C=O) groups is 5. The van der Waals surface area contributed by atoms with Crippen LogP contribution in [0.5, 0.6) is 0 Å². The molecule has 0 saturated heterocycles. The van der Waals surface area contributed by atoms with Gasteiger partial charge in [0.15, 0.2) is 5.78 Å². The molecule has 0 aliphatic carbocycles. The fourth-order valence-electron chi connectivity index (χ4n) is 3.44. The van der Waals surface area contributed by atoms with Crippen LogP contribution in [-0.2, 0) is 28.5 Å². The molecule has 0 fully saturated rings. The van der Waals surface area contributed by atoms with Crippen LogP contribution < -0.4 is 0 Å². The summed E-state index contributed by atoms with van der Waals surface area (Å²) < 4.78 is 20.2. The summed E-state index contributed by atoms with van der Waals surface area (Å²) in [6.07, 6.45) is -2.74. The summed E-state index contributed by atoms with van der Waals surface area (Å²) in [5, 5.41) is 0. The number of esters is 4. The summed E-state index contributed by atoms with van der Waals surface area (Å²) in [6.45, 7) is 2.29. The molecule has 0 aromatic heterocycles. The predicted octanol–water partition coefficient (Wildman–Crippen LogP) is 2.38. The van der Waals surface area contributed by atoms with Gasteiger partial charge in [-0.25, -0.2) is 9.59 Å². The molecule has 0 saturated carbocycles. The van der Waals surface area contributed by atoms with Crippen molar-refractivity contribution < 1.29 is 42.9 Å². The van der Waals surface area contributed by atoms with Crippen molar-refractivity contribution in [1.29, 1.82) is 0 Å². The van der Waals surface area contributed by atoms with Crippen LogP contribution in [0.2, 0.25) is 0 Å². The molecule has 30 heavy (non-hydrogen) atoms. The van der Waals surface area contributed by atoms with Crippen LogP contribution in [0.25, 0.3) is 0 Å². The average molecular weight is 410 g/mol. The molecule has 2 aromatic rings. The van der Waals surface area contributed by atoms with Gasteiger partial charge in [0, 0.05) is 25.0 Å². The van der Waals surface area contributed by atoms with Gasteiger partial charge in [-0.2, -0.15) is 0 Å². The van der Waals surface area contributed by atoms with Crippen molar-refractivity contribution in [2.45, 2.75) is 26.4 Å². The lowest BCUT2D eigenvalue weighted by Crippen LogP contribution is -2.15. The number of carbonyl (C=O) groups excluding carboxylic acids is 5. The molecule has 0 N–H and O–H groups in total. The van der Waals surface area contributed by atoms with Crippen LogP contribution in [0, 0.1) is 0 Å². The number of fused-ring (bicyclic) bond motifs is 2. The van der Waals surface area contributed by atoms with E-state index in [1.54, 1.807) is 0 Å². The molecule has 2 aliphatic rings.